The Balaban J connectivity index is 1.46. The van der Waals surface area contributed by atoms with Crippen molar-refractivity contribution in [3.8, 4) is 0 Å². The van der Waals surface area contributed by atoms with Gasteiger partial charge < -0.3 is 25.6 Å². The number of nitrogens with zero attached hydrogens (tertiary/aromatic N) is 2. The maximum absolute atomic E-state index is 14.2. The van der Waals surface area contributed by atoms with Crippen molar-refractivity contribution >= 4 is 51.2 Å². The third kappa shape index (κ3) is 6.68. The highest BCUT2D eigenvalue weighted by Gasteiger charge is 2.70. The van der Waals surface area contributed by atoms with E-state index in [-0.39, 0.29) is 58.0 Å². The number of carbonyl (C=O) groups excluding carboxylic acids is 5. The van der Waals surface area contributed by atoms with Crippen LogP contribution in [0.25, 0.3) is 10.2 Å². The number of fused-ring (bicyclic) bond motifs is 2. The lowest BCUT2D eigenvalue weighted by Gasteiger charge is -2.37. The van der Waals surface area contributed by atoms with Crippen LogP contribution in [-0.4, -0.2) is 77.3 Å². The zero-order chi connectivity index (χ0) is 34.6. The number of thiazole rings is 1. The van der Waals surface area contributed by atoms with E-state index >= 15 is 0 Å². The molecule has 2 aliphatic heterocycles. The number of rotatable bonds is 9. The number of hydrogen-bond acceptors (Lipinski definition) is 8. The SMILES string of the molecule is CCOC(=O)N[C@H](C(=O)N1C[C@H]2[C@@H]([C@H]1C(=O)N[C@@H](C[C@@H]1CCNC1=O)C(=O)c1nc3c(C(F)(F)F)cccc3s1)C2(C)C)C(C)(C)C. The van der Waals surface area contributed by atoms with Crippen LogP contribution in [0.5, 0.6) is 0 Å². The second kappa shape index (κ2) is 12.4. The summed E-state index contributed by atoms with van der Waals surface area (Å²) in [5, 5.41) is 7.90. The van der Waals surface area contributed by atoms with Gasteiger partial charge in [-0.25, -0.2) is 9.78 Å². The minimum atomic E-state index is -4.69. The number of alkyl carbamates (subject to hydrolysis) is 1. The molecule has 1 aromatic carbocycles. The summed E-state index contributed by atoms with van der Waals surface area (Å²) in [6, 6.07) is 0.254. The Morgan fingerprint density at radius 2 is 1.87 bits per heavy atom. The quantitative estimate of drug-likeness (QED) is 0.338. The van der Waals surface area contributed by atoms with Crippen molar-refractivity contribution in [1.29, 1.82) is 0 Å². The predicted octanol–water partition coefficient (Wildman–Crippen LogP) is 4.15. The number of likely N-dealkylation sites (tertiary alicyclic amines) is 1. The zero-order valence-electron chi connectivity index (χ0n) is 27.1. The molecule has 3 aliphatic rings. The molecule has 15 heteroatoms. The van der Waals surface area contributed by atoms with Gasteiger partial charge in [0.15, 0.2) is 5.01 Å². The molecule has 1 aromatic heterocycles. The van der Waals surface area contributed by atoms with Gasteiger partial charge in [-0.1, -0.05) is 40.7 Å². The number of aromatic nitrogens is 1. The number of carbonyl (C=O) groups is 5. The normalized spacial score (nSPS) is 24.7. The second-order valence-corrected chi connectivity index (χ2v) is 15.2. The topological polar surface area (TPSA) is 147 Å². The van der Waals surface area contributed by atoms with Crippen LogP contribution in [0.3, 0.4) is 0 Å². The molecule has 3 heterocycles. The van der Waals surface area contributed by atoms with Gasteiger partial charge in [0, 0.05) is 19.0 Å². The molecule has 11 nitrogen and oxygen atoms in total. The number of amides is 4. The van der Waals surface area contributed by atoms with Gasteiger partial charge in [-0.3, -0.25) is 19.2 Å². The fourth-order valence-electron chi connectivity index (χ4n) is 6.99. The first-order chi connectivity index (χ1) is 21.9. The van der Waals surface area contributed by atoms with Gasteiger partial charge in [-0.05, 0) is 54.6 Å². The maximum Gasteiger partial charge on any atom is 0.418 e. The average Bonchev–Trinajstić information content (AvgIpc) is 3.48. The largest absolute Gasteiger partial charge is 0.450 e. The molecule has 0 spiro atoms. The van der Waals surface area contributed by atoms with Crippen LogP contribution in [0, 0.1) is 28.6 Å². The second-order valence-electron chi connectivity index (χ2n) is 14.2. The summed E-state index contributed by atoms with van der Waals surface area (Å²) in [7, 11) is 0. The summed E-state index contributed by atoms with van der Waals surface area (Å²) in [6.07, 6.45) is -5.14. The Labute approximate surface area is 274 Å². The van der Waals surface area contributed by atoms with Crippen molar-refractivity contribution in [3.05, 3.63) is 28.8 Å². The molecule has 256 valence electrons. The number of alkyl halides is 3. The number of ketones is 1. The molecule has 2 saturated heterocycles. The van der Waals surface area contributed by atoms with E-state index in [9.17, 15) is 37.1 Å². The molecule has 6 atom stereocenters. The number of para-hydroxylation sites is 1. The van der Waals surface area contributed by atoms with Crippen LogP contribution in [0.2, 0.25) is 0 Å². The van der Waals surface area contributed by atoms with Gasteiger partial charge in [0.1, 0.15) is 12.1 Å². The molecule has 3 fully saturated rings. The fraction of sp³-hybridized carbons (Fsp3) is 0.625. The number of benzene rings is 1. The van der Waals surface area contributed by atoms with Gasteiger partial charge in [-0.2, -0.15) is 13.2 Å². The van der Waals surface area contributed by atoms with Gasteiger partial charge in [0.2, 0.25) is 23.5 Å². The number of hydrogen-bond donors (Lipinski definition) is 3. The lowest BCUT2D eigenvalue weighted by Crippen LogP contribution is -2.60. The van der Waals surface area contributed by atoms with E-state index in [1.54, 1.807) is 27.7 Å². The Kier molecular flexibility index (Phi) is 9.10. The molecule has 0 radical (unpaired) electrons. The summed E-state index contributed by atoms with van der Waals surface area (Å²) < 4.78 is 46.3. The van der Waals surface area contributed by atoms with Crippen molar-refractivity contribution in [2.24, 2.45) is 28.6 Å². The van der Waals surface area contributed by atoms with Gasteiger partial charge in [0.05, 0.1) is 28.4 Å². The van der Waals surface area contributed by atoms with Crippen molar-refractivity contribution < 1.29 is 41.9 Å². The first kappa shape index (κ1) is 34.6. The van der Waals surface area contributed by atoms with Gasteiger partial charge in [0.25, 0.3) is 0 Å². The smallest absolute Gasteiger partial charge is 0.418 e. The highest BCUT2D eigenvalue weighted by atomic mass is 32.1. The van der Waals surface area contributed by atoms with Crippen LogP contribution in [0.1, 0.15) is 69.7 Å². The van der Waals surface area contributed by atoms with E-state index in [0.717, 1.165) is 17.4 Å². The van der Waals surface area contributed by atoms with E-state index < -0.39 is 64.9 Å². The van der Waals surface area contributed by atoms with E-state index in [1.165, 1.54) is 17.0 Å². The van der Waals surface area contributed by atoms with Crippen molar-refractivity contribution in [2.45, 2.75) is 78.7 Å². The molecule has 0 bridgehead atoms. The predicted molar refractivity (Wildman–Crippen MR) is 166 cm³/mol. The minimum Gasteiger partial charge on any atom is -0.450 e. The summed E-state index contributed by atoms with van der Waals surface area (Å²) in [5.74, 6) is -2.96. The first-order valence-corrected chi connectivity index (χ1v) is 16.5. The lowest BCUT2D eigenvalue weighted by molar-refractivity contribution is -0.144. The molecule has 1 saturated carbocycles. The number of Topliss-reactive ketones (excluding diaryl/α,β-unsaturated/α-hetero) is 1. The van der Waals surface area contributed by atoms with Crippen LogP contribution >= 0.6 is 11.3 Å². The molecule has 3 N–H and O–H groups in total. The summed E-state index contributed by atoms with van der Waals surface area (Å²) in [6.45, 7) is 11.7. The molecule has 0 unspecified atom stereocenters. The molecular weight excluding hydrogens is 639 g/mol. The number of piperidine rings is 1. The number of ether oxygens (including phenoxy) is 1. The van der Waals surface area contributed by atoms with Gasteiger partial charge in [-0.15, -0.1) is 11.3 Å². The van der Waals surface area contributed by atoms with E-state index in [4.69, 9.17) is 4.74 Å². The minimum absolute atomic E-state index is 0.00905. The monoisotopic (exact) mass is 679 g/mol. The van der Waals surface area contributed by atoms with Gasteiger partial charge >= 0.3 is 12.3 Å². The summed E-state index contributed by atoms with van der Waals surface area (Å²) >= 11 is 0.783. The standard InChI is InChI=1S/C32H40F3N5O6S/c1-7-46-29(45)39-24(30(2,3)4)28(44)40-14-17-20(31(17,5)6)22(40)26(43)37-18(13-15-11-12-36-25(15)42)23(41)27-38-21-16(32(33,34)35)9-8-10-19(21)47-27/h8-10,15,17-18,20,22,24H,7,11-14H2,1-6H3,(H,36,42)(H,37,43)(H,39,45)/t15-,17-,18-,20-,22-,24+/m0/s1. The molecule has 47 heavy (non-hydrogen) atoms. The van der Waals surface area contributed by atoms with Crippen molar-refractivity contribution in [3.63, 3.8) is 0 Å². The van der Waals surface area contributed by atoms with E-state index in [0.29, 0.717) is 13.0 Å². The maximum atomic E-state index is 14.2. The van der Waals surface area contributed by atoms with Crippen LogP contribution in [0.15, 0.2) is 18.2 Å². The highest BCUT2D eigenvalue weighted by Crippen LogP contribution is 2.65. The average molecular weight is 680 g/mol. The van der Waals surface area contributed by atoms with Crippen molar-refractivity contribution in [2.75, 3.05) is 19.7 Å². The Morgan fingerprint density at radius 3 is 2.47 bits per heavy atom. The highest BCUT2D eigenvalue weighted by molar-refractivity contribution is 7.20. The van der Waals surface area contributed by atoms with E-state index in [1.807, 2.05) is 13.8 Å². The molecular formula is C32H40F3N5O6S. The van der Waals surface area contributed by atoms with Crippen LogP contribution in [-0.2, 0) is 25.3 Å². The Morgan fingerprint density at radius 1 is 1.17 bits per heavy atom. The summed E-state index contributed by atoms with van der Waals surface area (Å²) in [5.41, 5.74) is -2.37. The third-order valence-electron chi connectivity index (χ3n) is 9.66. The van der Waals surface area contributed by atoms with Crippen molar-refractivity contribution in [1.82, 2.24) is 25.8 Å². The first-order valence-electron chi connectivity index (χ1n) is 15.7. The Hall–Kier alpha value is -3.75. The number of halogens is 3. The fourth-order valence-corrected chi connectivity index (χ4v) is 7.98. The molecule has 4 amide bonds. The van der Waals surface area contributed by atoms with Crippen LogP contribution in [0.4, 0.5) is 18.0 Å². The van der Waals surface area contributed by atoms with E-state index in [2.05, 4.69) is 20.9 Å². The Bertz CT molecular complexity index is 1600. The van der Waals surface area contributed by atoms with Crippen LogP contribution < -0.4 is 16.0 Å². The molecule has 1 aliphatic carbocycles. The zero-order valence-corrected chi connectivity index (χ0v) is 27.9. The molecule has 5 rings (SSSR count). The third-order valence-corrected chi connectivity index (χ3v) is 10.7. The molecule has 2 aromatic rings. The summed E-state index contributed by atoms with van der Waals surface area (Å²) in [4.78, 5) is 72.6. The lowest BCUT2D eigenvalue weighted by atomic mass is 9.85. The number of nitrogens with one attached hydrogen (secondary N) is 3.